The molecule has 7 heteroatoms. The molecule has 0 aliphatic carbocycles. The topological polar surface area (TPSA) is 100 Å². The number of carboxylic acid groups (broad SMARTS) is 1. The molecule has 0 aliphatic heterocycles. The van der Waals surface area contributed by atoms with Gasteiger partial charge in [0.2, 0.25) is 0 Å². The molecule has 0 spiro atoms. The molecule has 184 valence electrons. The predicted octanol–water partition coefficient (Wildman–Crippen LogP) is 5.60. The number of aryl methyl sites for hydroxylation is 1. The highest BCUT2D eigenvalue weighted by Crippen LogP contribution is 2.28. The van der Waals surface area contributed by atoms with Crippen molar-refractivity contribution in [2.24, 2.45) is 0 Å². The van der Waals surface area contributed by atoms with E-state index in [2.05, 4.69) is 0 Å². The summed E-state index contributed by atoms with van der Waals surface area (Å²) in [7, 11) is 1.87. The van der Waals surface area contributed by atoms with Crippen molar-refractivity contribution in [3.05, 3.63) is 65.4 Å². The molecule has 1 aromatic heterocycles. The molecule has 0 amide bonds. The Labute approximate surface area is 200 Å². The van der Waals surface area contributed by atoms with Crippen molar-refractivity contribution in [2.75, 3.05) is 13.7 Å². The SMILES string of the molecule is CC(C)N(C)C(O)c1ccccc1OCCCCCC(=O)O.Cc1cc2ccc(C=O)cc2o1. The zero-order valence-electron chi connectivity index (χ0n) is 20.4. The Kier molecular flexibility index (Phi) is 10.8. The van der Waals surface area contributed by atoms with Gasteiger partial charge in [0.25, 0.3) is 0 Å². The average Bonchev–Trinajstić information content (AvgIpc) is 3.19. The fourth-order valence-electron chi connectivity index (χ4n) is 3.32. The lowest BCUT2D eigenvalue weighted by Gasteiger charge is -2.28. The molecule has 34 heavy (non-hydrogen) atoms. The van der Waals surface area contributed by atoms with E-state index in [0.717, 1.165) is 41.4 Å². The van der Waals surface area contributed by atoms with E-state index < -0.39 is 12.2 Å². The minimum Gasteiger partial charge on any atom is -0.493 e. The van der Waals surface area contributed by atoms with Crippen molar-refractivity contribution >= 4 is 23.2 Å². The van der Waals surface area contributed by atoms with Crippen LogP contribution in [0.4, 0.5) is 0 Å². The molecule has 7 nitrogen and oxygen atoms in total. The van der Waals surface area contributed by atoms with Crippen LogP contribution in [0.5, 0.6) is 5.75 Å². The van der Waals surface area contributed by atoms with Gasteiger partial charge in [-0.05, 0) is 65.3 Å². The zero-order valence-corrected chi connectivity index (χ0v) is 20.4. The number of furan rings is 1. The monoisotopic (exact) mass is 469 g/mol. The summed E-state index contributed by atoms with van der Waals surface area (Å²) < 4.78 is 11.1. The minimum absolute atomic E-state index is 0.203. The molecule has 0 saturated carbocycles. The van der Waals surface area contributed by atoms with Gasteiger partial charge in [-0.3, -0.25) is 14.5 Å². The van der Waals surface area contributed by atoms with Crippen molar-refractivity contribution in [2.45, 2.75) is 58.7 Å². The second-order valence-electron chi connectivity index (χ2n) is 8.50. The second-order valence-corrected chi connectivity index (χ2v) is 8.50. The third-order valence-electron chi connectivity index (χ3n) is 5.49. The Morgan fingerprint density at radius 1 is 1.12 bits per heavy atom. The van der Waals surface area contributed by atoms with Crippen molar-refractivity contribution in [1.29, 1.82) is 0 Å². The molecule has 3 rings (SSSR count). The maximum absolute atomic E-state index is 10.4. The van der Waals surface area contributed by atoms with Crippen LogP contribution in [-0.4, -0.2) is 47.1 Å². The molecule has 0 saturated heterocycles. The largest absolute Gasteiger partial charge is 0.493 e. The number of aldehydes is 1. The fraction of sp³-hybridized carbons (Fsp3) is 0.407. The molecule has 0 aliphatic rings. The normalized spacial score (nSPS) is 11.9. The van der Waals surface area contributed by atoms with Crippen LogP contribution in [0.25, 0.3) is 11.0 Å². The lowest BCUT2D eigenvalue weighted by molar-refractivity contribution is -0.137. The molecule has 0 fully saturated rings. The van der Waals surface area contributed by atoms with Crippen LogP contribution in [0, 0.1) is 6.92 Å². The Morgan fingerprint density at radius 3 is 2.53 bits per heavy atom. The number of aliphatic carboxylic acids is 1. The van der Waals surface area contributed by atoms with E-state index in [1.165, 1.54) is 0 Å². The number of para-hydroxylation sites is 1. The highest BCUT2D eigenvalue weighted by molar-refractivity contribution is 5.85. The van der Waals surface area contributed by atoms with E-state index in [-0.39, 0.29) is 12.5 Å². The summed E-state index contributed by atoms with van der Waals surface area (Å²) in [6.45, 7) is 6.46. The number of nitrogens with zero attached hydrogens (tertiary/aromatic N) is 1. The number of ether oxygens (including phenoxy) is 1. The van der Waals surface area contributed by atoms with E-state index in [0.29, 0.717) is 24.3 Å². The van der Waals surface area contributed by atoms with E-state index >= 15 is 0 Å². The minimum atomic E-state index is -0.758. The highest BCUT2D eigenvalue weighted by Gasteiger charge is 2.19. The number of unbranched alkanes of at least 4 members (excludes halogenated alkanes) is 2. The van der Waals surface area contributed by atoms with Gasteiger partial charge in [-0.15, -0.1) is 0 Å². The van der Waals surface area contributed by atoms with Crippen LogP contribution >= 0.6 is 0 Å². The maximum atomic E-state index is 10.4. The maximum Gasteiger partial charge on any atom is 0.303 e. The summed E-state index contributed by atoms with van der Waals surface area (Å²) in [5, 5.41) is 20.0. The second kappa shape index (κ2) is 13.5. The first-order valence-corrected chi connectivity index (χ1v) is 11.5. The number of fused-ring (bicyclic) bond motifs is 1. The first-order chi connectivity index (χ1) is 16.2. The van der Waals surface area contributed by atoms with E-state index in [1.54, 1.807) is 12.1 Å². The highest BCUT2D eigenvalue weighted by atomic mass is 16.5. The van der Waals surface area contributed by atoms with Gasteiger partial charge in [-0.1, -0.05) is 30.3 Å². The van der Waals surface area contributed by atoms with Crippen molar-refractivity contribution in [1.82, 2.24) is 4.90 Å². The van der Waals surface area contributed by atoms with E-state index in [4.69, 9.17) is 14.3 Å². The zero-order chi connectivity index (χ0) is 25.1. The van der Waals surface area contributed by atoms with Crippen LogP contribution < -0.4 is 4.74 Å². The number of hydrogen-bond donors (Lipinski definition) is 2. The van der Waals surface area contributed by atoms with Crippen LogP contribution in [0.1, 0.15) is 67.4 Å². The number of aliphatic hydroxyl groups excluding tert-OH is 1. The summed E-state index contributed by atoms with van der Waals surface area (Å²) in [6, 6.07) is 15.1. The van der Waals surface area contributed by atoms with Crippen LogP contribution in [0.15, 0.2) is 52.9 Å². The molecule has 0 bridgehead atoms. The van der Waals surface area contributed by atoms with E-state index in [9.17, 15) is 14.7 Å². The number of carbonyl (C=O) groups excluding carboxylic acids is 1. The first kappa shape index (κ1) is 27.1. The first-order valence-electron chi connectivity index (χ1n) is 11.5. The van der Waals surface area contributed by atoms with Gasteiger partial charge in [0, 0.05) is 29.0 Å². The Morgan fingerprint density at radius 2 is 1.85 bits per heavy atom. The Bertz CT molecular complexity index is 1060. The molecule has 0 radical (unpaired) electrons. The van der Waals surface area contributed by atoms with Crippen molar-refractivity contribution < 1.29 is 29.0 Å². The van der Waals surface area contributed by atoms with Crippen LogP contribution in [-0.2, 0) is 4.79 Å². The summed E-state index contributed by atoms with van der Waals surface area (Å²) in [5.41, 5.74) is 2.18. The van der Waals surface area contributed by atoms with Crippen molar-refractivity contribution in [3.63, 3.8) is 0 Å². The molecular formula is C27H35NO6. The van der Waals surface area contributed by atoms with Gasteiger partial charge in [-0.25, -0.2) is 0 Å². The Balaban J connectivity index is 0.000000283. The standard InChI is InChI=1S/C17H27NO4.C10H8O2/c1-13(2)18(3)17(21)14-9-6-7-10-15(14)22-12-8-4-5-11-16(19)20;1-7-4-9-3-2-8(6-11)5-10(9)12-7/h6-7,9-10,13,17,21H,4-5,8,11-12H2,1-3H3,(H,19,20);2-6H,1H3. The van der Waals surface area contributed by atoms with Crippen LogP contribution in [0.2, 0.25) is 0 Å². The lowest BCUT2D eigenvalue weighted by Crippen LogP contribution is -2.31. The van der Waals surface area contributed by atoms with Gasteiger partial charge < -0.3 is 19.4 Å². The third-order valence-corrected chi connectivity index (χ3v) is 5.49. The summed E-state index contributed by atoms with van der Waals surface area (Å²) >= 11 is 0. The third kappa shape index (κ3) is 8.32. The summed E-state index contributed by atoms with van der Waals surface area (Å²) in [6.07, 6.45) is 2.61. The molecule has 1 unspecified atom stereocenters. The molecule has 3 aromatic rings. The quantitative estimate of drug-likeness (QED) is 0.214. The Hall–Kier alpha value is -3.16. The van der Waals surface area contributed by atoms with Gasteiger partial charge in [0.1, 0.15) is 29.6 Å². The van der Waals surface area contributed by atoms with Crippen molar-refractivity contribution in [3.8, 4) is 5.75 Å². The molecule has 1 atom stereocenters. The molecule has 2 aromatic carbocycles. The summed E-state index contributed by atoms with van der Waals surface area (Å²) in [5.74, 6) is 0.792. The van der Waals surface area contributed by atoms with Crippen LogP contribution in [0.3, 0.4) is 0 Å². The number of benzene rings is 2. The molecule has 2 N–H and O–H groups in total. The van der Waals surface area contributed by atoms with Gasteiger partial charge >= 0.3 is 5.97 Å². The number of rotatable bonds is 11. The number of carboxylic acids is 1. The molecular weight excluding hydrogens is 434 g/mol. The predicted molar refractivity (Wildman–Crippen MR) is 132 cm³/mol. The smallest absolute Gasteiger partial charge is 0.303 e. The molecule has 1 heterocycles. The van der Waals surface area contributed by atoms with Gasteiger partial charge in [0.05, 0.1) is 6.61 Å². The van der Waals surface area contributed by atoms with E-state index in [1.807, 2.05) is 69.1 Å². The number of aliphatic hydroxyl groups is 1. The van der Waals surface area contributed by atoms with Gasteiger partial charge in [-0.2, -0.15) is 0 Å². The fourth-order valence-corrected chi connectivity index (χ4v) is 3.32. The number of carbonyl (C=O) groups is 2. The van der Waals surface area contributed by atoms with Gasteiger partial charge in [0.15, 0.2) is 0 Å². The average molecular weight is 470 g/mol. The lowest BCUT2D eigenvalue weighted by atomic mass is 10.1. The summed E-state index contributed by atoms with van der Waals surface area (Å²) in [4.78, 5) is 22.7. The number of hydrogen-bond acceptors (Lipinski definition) is 6.